The Kier molecular flexibility index (Phi) is 13.2. The van der Waals surface area contributed by atoms with E-state index in [-0.39, 0.29) is 18.6 Å². The van der Waals surface area contributed by atoms with Gasteiger partial charge in [0.1, 0.15) is 0 Å². The first-order valence-electron chi connectivity index (χ1n) is 4.25. The highest BCUT2D eigenvalue weighted by atomic mass is 31.2. The highest BCUT2D eigenvalue weighted by Gasteiger charge is 2.13. The Labute approximate surface area is 99.1 Å². The van der Waals surface area contributed by atoms with Crippen LogP contribution in [-0.4, -0.2) is 49.2 Å². The molecule has 0 spiro atoms. The molecule has 0 aliphatic carbocycles. The van der Waals surface area contributed by atoms with E-state index >= 15 is 0 Å². The molecule has 0 bridgehead atoms. The maximum Gasteiger partial charge on any atom is 0.466 e. The van der Waals surface area contributed by atoms with E-state index in [4.69, 9.17) is 34.6 Å². The van der Waals surface area contributed by atoms with Gasteiger partial charge in [-0.1, -0.05) is 20.4 Å². The van der Waals surface area contributed by atoms with Gasteiger partial charge in [-0.2, -0.15) is 0 Å². The van der Waals surface area contributed by atoms with Crippen LogP contribution in [0, 0.1) is 5.41 Å². The number of hydrogen-bond donors (Lipinski definition) is 6. The summed E-state index contributed by atoms with van der Waals surface area (Å²) in [6.45, 7) is 6.65. The van der Waals surface area contributed by atoms with Gasteiger partial charge >= 0.3 is 13.8 Å². The lowest BCUT2D eigenvalue weighted by Gasteiger charge is -2.16. The average molecular weight is 274 g/mol. The molecule has 6 N–H and O–H groups in total. The zero-order valence-electron chi connectivity index (χ0n) is 9.65. The molecule has 17 heavy (non-hydrogen) atoms. The number of rotatable bonds is 3. The highest BCUT2D eigenvalue weighted by Crippen LogP contribution is 2.25. The lowest BCUT2D eigenvalue weighted by Crippen LogP contribution is -2.20. The summed E-state index contributed by atoms with van der Waals surface area (Å²) in [5, 5.41) is 24.5. The van der Waals surface area contributed by atoms with Gasteiger partial charge in [0.2, 0.25) is 0 Å². The summed E-state index contributed by atoms with van der Waals surface area (Å²) in [6.07, 6.45) is 0.833. The number of aliphatic hydroxyl groups excluding tert-OH is 2. The predicted octanol–water partition coefficient (Wildman–Crippen LogP) is -0.674. The molecule has 9 heteroatoms. The number of phosphoric acid groups is 1. The zero-order chi connectivity index (χ0) is 14.7. The number of carbonyl (C=O) groups is 1. The smallest absolute Gasteiger partial charge is 0.466 e. The fourth-order valence-corrected chi connectivity index (χ4v) is 0.0500. The van der Waals surface area contributed by atoms with E-state index in [1.54, 1.807) is 13.8 Å². The van der Waals surface area contributed by atoms with Crippen molar-refractivity contribution in [2.75, 3.05) is 13.2 Å². The molecule has 0 rings (SSSR count). The zero-order valence-corrected chi connectivity index (χ0v) is 10.5. The van der Waals surface area contributed by atoms with E-state index in [1.807, 2.05) is 0 Å². The van der Waals surface area contributed by atoms with Crippen LogP contribution in [0.5, 0.6) is 0 Å². The third-order valence-corrected chi connectivity index (χ3v) is 1.03. The summed E-state index contributed by atoms with van der Waals surface area (Å²) in [6, 6.07) is 0. The maximum absolute atomic E-state index is 9.25. The molecule has 0 radical (unpaired) electrons. The van der Waals surface area contributed by atoms with Gasteiger partial charge in [0, 0.05) is 11.5 Å². The van der Waals surface area contributed by atoms with Gasteiger partial charge in [0.05, 0.1) is 13.2 Å². The summed E-state index contributed by atoms with van der Waals surface area (Å²) >= 11 is 0. The molecule has 0 fully saturated rings. The van der Waals surface area contributed by atoms with Gasteiger partial charge in [-0.3, -0.25) is 0 Å². The highest BCUT2D eigenvalue weighted by molar-refractivity contribution is 7.45. The molecule has 0 amide bonds. The van der Waals surface area contributed by atoms with Crippen molar-refractivity contribution in [2.45, 2.75) is 13.8 Å². The second-order valence-electron chi connectivity index (χ2n) is 3.54. The number of aliphatic carboxylic acids is 1. The molecule has 0 heterocycles. The summed E-state index contributed by atoms with van der Waals surface area (Å²) in [7, 11) is -4.64. The van der Waals surface area contributed by atoms with E-state index < -0.39 is 13.8 Å². The van der Waals surface area contributed by atoms with Crippen molar-refractivity contribution >= 4 is 13.8 Å². The maximum atomic E-state index is 9.25. The van der Waals surface area contributed by atoms with Crippen LogP contribution < -0.4 is 0 Å². The Morgan fingerprint density at radius 1 is 1.24 bits per heavy atom. The average Bonchev–Trinajstić information content (AvgIpc) is 2.16. The molecule has 0 aromatic carbocycles. The van der Waals surface area contributed by atoms with Crippen molar-refractivity contribution in [2.24, 2.45) is 5.41 Å². The van der Waals surface area contributed by atoms with Gasteiger partial charge in [-0.25, -0.2) is 9.36 Å². The minimum Gasteiger partial charge on any atom is -0.478 e. The summed E-state index contributed by atoms with van der Waals surface area (Å²) < 4.78 is 8.88. The first-order valence-corrected chi connectivity index (χ1v) is 5.81. The Bertz CT molecular complexity index is 242. The second-order valence-corrected chi connectivity index (χ2v) is 4.56. The fourth-order valence-electron chi connectivity index (χ4n) is 0.0500. The third kappa shape index (κ3) is 51.0. The Morgan fingerprint density at radius 2 is 1.41 bits per heavy atom. The Balaban J connectivity index is -0.000000177. The minimum absolute atomic E-state index is 0.0451. The fraction of sp³-hybridized carbons (Fsp3) is 0.625. The van der Waals surface area contributed by atoms with Gasteiger partial charge in [-0.15, -0.1) is 0 Å². The Hall–Kier alpha value is -0.760. The standard InChI is InChI=1S/C5H12O2.C3H4O2.H3O4P/c1-5(2,3-6)4-7;1-2-3(4)5;1-5(2,3)4/h6-7H,3-4H2,1-2H3;2H,1H2,(H,4,5);(H3,1,2,3,4). The SMILES string of the molecule is C=CC(=O)O.CC(C)(CO)CO.O=P(O)(O)O. The molecule has 0 aliphatic rings. The molecule has 104 valence electrons. The number of carboxylic acid groups (broad SMARTS) is 1. The monoisotopic (exact) mass is 274 g/mol. The number of hydrogen-bond acceptors (Lipinski definition) is 4. The van der Waals surface area contributed by atoms with E-state index in [0.29, 0.717) is 0 Å². The minimum atomic E-state index is -4.64. The van der Waals surface area contributed by atoms with E-state index in [0.717, 1.165) is 6.08 Å². The van der Waals surface area contributed by atoms with Crippen molar-refractivity contribution in [3.05, 3.63) is 12.7 Å². The lowest BCUT2D eigenvalue weighted by molar-refractivity contribution is -0.131. The van der Waals surface area contributed by atoms with Gasteiger partial charge in [0.15, 0.2) is 0 Å². The summed E-state index contributed by atoms with van der Waals surface area (Å²) in [5.41, 5.74) is -0.306. The molecule has 0 atom stereocenters. The predicted molar refractivity (Wildman–Crippen MR) is 60.0 cm³/mol. The van der Waals surface area contributed by atoms with Crippen LogP contribution in [0.1, 0.15) is 13.8 Å². The molecule has 0 saturated heterocycles. The van der Waals surface area contributed by atoms with Crippen LogP contribution in [0.3, 0.4) is 0 Å². The van der Waals surface area contributed by atoms with Crippen molar-refractivity contribution in [1.82, 2.24) is 0 Å². The lowest BCUT2D eigenvalue weighted by atomic mass is 9.97. The van der Waals surface area contributed by atoms with Gasteiger partial charge in [0.25, 0.3) is 0 Å². The normalized spacial score (nSPS) is 10.3. The third-order valence-electron chi connectivity index (χ3n) is 1.03. The molecule has 0 saturated carbocycles. The second kappa shape index (κ2) is 10.4. The molecular formula is C8H19O8P. The van der Waals surface area contributed by atoms with Crippen molar-refractivity contribution < 1.29 is 39.4 Å². The van der Waals surface area contributed by atoms with Crippen molar-refractivity contribution in [3.63, 3.8) is 0 Å². The van der Waals surface area contributed by atoms with Crippen LogP contribution >= 0.6 is 7.82 Å². The molecule has 0 aromatic heterocycles. The van der Waals surface area contributed by atoms with Crippen molar-refractivity contribution in [3.8, 4) is 0 Å². The van der Waals surface area contributed by atoms with Crippen molar-refractivity contribution in [1.29, 1.82) is 0 Å². The van der Waals surface area contributed by atoms with E-state index in [2.05, 4.69) is 6.58 Å². The summed E-state index contributed by atoms with van der Waals surface area (Å²) in [5.74, 6) is -0.981. The summed E-state index contributed by atoms with van der Waals surface area (Å²) in [4.78, 5) is 30.8. The van der Waals surface area contributed by atoms with Crippen LogP contribution in [0.15, 0.2) is 12.7 Å². The van der Waals surface area contributed by atoms with Crippen LogP contribution in [0.4, 0.5) is 0 Å². The molecular weight excluding hydrogens is 255 g/mol. The van der Waals surface area contributed by atoms with Crippen LogP contribution in [0.2, 0.25) is 0 Å². The topological polar surface area (TPSA) is 156 Å². The largest absolute Gasteiger partial charge is 0.478 e. The first kappa shape index (κ1) is 21.5. The number of aliphatic hydroxyl groups is 2. The quantitative estimate of drug-likeness (QED) is 0.292. The van der Waals surface area contributed by atoms with Crippen LogP contribution in [0.25, 0.3) is 0 Å². The van der Waals surface area contributed by atoms with Gasteiger partial charge in [-0.05, 0) is 0 Å². The number of carboxylic acids is 1. The van der Waals surface area contributed by atoms with Crippen LogP contribution in [-0.2, 0) is 9.36 Å². The Morgan fingerprint density at radius 3 is 1.41 bits per heavy atom. The first-order chi connectivity index (χ1) is 7.39. The van der Waals surface area contributed by atoms with E-state index in [9.17, 15) is 4.79 Å². The molecule has 8 nitrogen and oxygen atoms in total. The van der Waals surface area contributed by atoms with E-state index in [1.165, 1.54) is 0 Å². The molecule has 0 aromatic rings. The van der Waals surface area contributed by atoms with Gasteiger partial charge < -0.3 is 30.0 Å². The molecule has 0 unspecified atom stereocenters. The molecule has 0 aliphatic heterocycles.